The predicted octanol–water partition coefficient (Wildman–Crippen LogP) is 2.23. The topological polar surface area (TPSA) is 49.5 Å². The van der Waals surface area contributed by atoms with Crippen LogP contribution in [-0.2, 0) is 13.0 Å². The van der Waals surface area contributed by atoms with E-state index in [1.54, 1.807) is 0 Å². The van der Waals surface area contributed by atoms with Crippen molar-refractivity contribution in [3.8, 4) is 0 Å². The molecule has 0 fully saturated rings. The van der Waals surface area contributed by atoms with Gasteiger partial charge in [-0.15, -0.1) is 0 Å². The molecule has 1 N–H and O–H groups in total. The van der Waals surface area contributed by atoms with Crippen molar-refractivity contribution in [2.45, 2.75) is 39.2 Å². The summed E-state index contributed by atoms with van der Waals surface area (Å²) in [4.78, 5) is 6.81. The van der Waals surface area contributed by atoms with Gasteiger partial charge in [-0.05, 0) is 26.3 Å². The maximum atomic E-state index is 9.32. The highest BCUT2D eigenvalue weighted by Gasteiger charge is 2.18. The van der Waals surface area contributed by atoms with Gasteiger partial charge in [0.25, 0.3) is 0 Å². The number of aryl methyl sites for hydroxylation is 1. The molecule has 0 saturated heterocycles. The lowest BCUT2D eigenvalue weighted by Crippen LogP contribution is -2.25. The number of aromatic nitrogens is 1. The van der Waals surface area contributed by atoms with E-state index in [4.69, 9.17) is 4.42 Å². The minimum atomic E-state index is -0.0604. The number of hydrogen-bond acceptors (Lipinski definition) is 4. The van der Waals surface area contributed by atoms with Crippen LogP contribution < -0.4 is 0 Å². The fourth-order valence-electron chi connectivity index (χ4n) is 2.23. The van der Waals surface area contributed by atoms with Gasteiger partial charge in [0.05, 0.1) is 5.69 Å². The molecule has 4 heteroatoms. The van der Waals surface area contributed by atoms with Crippen molar-refractivity contribution < 1.29 is 9.52 Å². The van der Waals surface area contributed by atoms with Crippen molar-refractivity contribution in [2.75, 3.05) is 20.1 Å². The zero-order valence-electron chi connectivity index (χ0n) is 11.3. The molecule has 1 aliphatic heterocycles. The molecule has 1 aromatic rings. The molecular weight excluding hydrogens is 228 g/mol. The Balaban J connectivity index is 2.18. The number of aliphatic hydroxyl groups excluding tert-OH is 1. The van der Waals surface area contributed by atoms with Gasteiger partial charge in [-0.1, -0.05) is 19.4 Å². The molecule has 4 nitrogen and oxygen atoms in total. The van der Waals surface area contributed by atoms with Crippen molar-refractivity contribution in [3.63, 3.8) is 0 Å². The van der Waals surface area contributed by atoms with Crippen LogP contribution in [0.4, 0.5) is 0 Å². The van der Waals surface area contributed by atoms with Gasteiger partial charge >= 0.3 is 0 Å². The first-order valence-corrected chi connectivity index (χ1v) is 6.72. The largest absolute Gasteiger partial charge is 0.439 e. The average Bonchev–Trinajstić information content (AvgIpc) is 2.79. The third kappa shape index (κ3) is 3.00. The Hall–Kier alpha value is -1.13. The Morgan fingerprint density at radius 1 is 1.50 bits per heavy atom. The smallest absolute Gasteiger partial charge is 0.223 e. The van der Waals surface area contributed by atoms with E-state index in [9.17, 15) is 5.11 Å². The first-order chi connectivity index (χ1) is 8.74. The fourth-order valence-corrected chi connectivity index (χ4v) is 2.23. The van der Waals surface area contributed by atoms with Crippen molar-refractivity contribution in [1.29, 1.82) is 0 Å². The molecule has 18 heavy (non-hydrogen) atoms. The van der Waals surface area contributed by atoms with Crippen LogP contribution in [0.15, 0.2) is 10.5 Å². The van der Waals surface area contributed by atoms with E-state index < -0.39 is 0 Å². The maximum absolute atomic E-state index is 9.32. The molecule has 0 unspecified atom stereocenters. The van der Waals surface area contributed by atoms with Crippen LogP contribution in [0, 0.1) is 0 Å². The van der Waals surface area contributed by atoms with Crippen LogP contribution in [0.5, 0.6) is 0 Å². The third-order valence-electron chi connectivity index (χ3n) is 3.31. The number of nitrogens with zero attached hydrogens (tertiary/aromatic N) is 2. The number of aliphatic hydroxyl groups is 1. The van der Waals surface area contributed by atoms with Gasteiger partial charge in [0, 0.05) is 18.7 Å². The van der Waals surface area contributed by atoms with E-state index in [1.165, 1.54) is 0 Å². The first kappa shape index (κ1) is 13.3. The lowest BCUT2D eigenvalue weighted by atomic mass is 10.1. The molecule has 2 heterocycles. The standard InChI is InChI=1S/C14H22N2O2/c1-3-4-7-12-13(10-17)18-14(15-12)11-6-5-8-16(2)9-11/h6,17H,3-5,7-10H2,1-2H3. The van der Waals surface area contributed by atoms with Crippen molar-refractivity contribution in [3.05, 3.63) is 23.4 Å². The number of likely N-dealkylation sites (N-methyl/N-ethyl adjacent to an activating group) is 1. The fraction of sp³-hybridized carbons (Fsp3) is 0.643. The second-order valence-electron chi connectivity index (χ2n) is 4.91. The number of rotatable bonds is 5. The number of unbranched alkanes of at least 4 members (excludes halogenated alkanes) is 1. The highest BCUT2D eigenvalue weighted by Crippen LogP contribution is 2.23. The Bertz CT molecular complexity index is 423. The zero-order valence-corrected chi connectivity index (χ0v) is 11.3. The van der Waals surface area contributed by atoms with E-state index in [1.807, 2.05) is 0 Å². The summed E-state index contributed by atoms with van der Waals surface area (Å²) in [5.41, 5.74) is 2.06. The quantitative estimate of drug-likeness (QED) is 0.870. The molecular formula is C14H22N2O2. The van der Waals surface area contributed by atoms with Crippen LogP contribution in [0.2, 0.25) is 0 Å². The van der Waals surface area contributed by atoms with Crippen LogP contribution in [0.3, 0.4) is 0 Å². The summed E-state index contributed by atoms with van der Waals surface area (Å²) in [6.07, 6.45) is 6.32. The Morgan fingerprint density at radius 3 is 3.00 bits per heavy atom. The summed E-state index contributed by atoms with van der Waals surface area (Å²) in [6.45, 7) is 4.05. The van der Waals surface area contributed by atoms with Gasteiger partial charge in [0.15, 0.2) is 5.76 Å². The summed E-state index contributed by atoms with van der Waals surface area (Å²) < 4.78 is 5.69. The minimum absolute atomic E-state index is 0.0604. The van der Waals surface area contributed by atoms with Crippen LogP contribution in [-0.4, -0.2) is 35.1 Å². The van der Waals surface area contributed by atoms with E-state index in [-0.39, 0.29) is 6.61 Å². The third-order valence-corrected chi connectivity index (χ3v) is 3.31. The average molecular weight is 250 g/mol. The van der Waals surface area contributed by atoms with Gasteiger partial charge in [-0.2, -0.15) is 0 Å². The Labute approximate surface area is 108 Å². The second kappa shape index (κ2) is 6.16. The van der Waals surface area contributed by atoms with Crippen molar-refractivity contribution in [1.82, 2.24) is 9.88 Å². The van der Waals surface area contributed by atoms with E-state index in [0.717, 1.165) is 50.0 Å². The summed E-state index contributed by atoms with van der Waals surface area (Å²) in [5.74, 6) is 1.32. The normalized spacial score (nSPS) is 16.9. The van der Waals surface area contributed by atoms with Gasteiger partial charge in [-0.25, -0.2) is 4.98 Å². The monoisotopic (exact) mass is 250 g/mol. The van der Waals surface area contributed by atoms with Gasteiger partial charge < -0.3 is 14.4 Å². The van der Waals surface area contributed by atoms with Crippen LogP contribution >= 0.6 is 0 Å². The zero-order chi connectivity index (χ0) is 13.0. The molecule has 0 aromatic carbocycles. The predicted molar refractivity (Wildman–Crippen MR) is 71.1 cm³/mol. The van der Waals surface area contributed by atoms with Crippen molar-refractivity contribution >= 4 is 5.57 Å². The molecule has 0 spiro atoms. The maximum Gasteiger partial charge on any atom is 0.223 e. The summed E-state index contributed by atoms with van der Waals surface area (Å²) >= 11 is 0. The SMILES string of the molecule is CCCCc1nc(C2=CCCN(C)C2)oc1CO. The van der Waals surface area contributed by atoms with E-state index in [0.29, 0.717) is 11.7 Å². The first-order valence-electron chi connectivity index (χ1n) is 6.72. The van der Waals surface area contributed by atoms with Gasteiger partial charge in [-0.3, -0.25) is 0 Å². The van der Waals surface area contributed by atoms with E-state index in [2.05, 4.69) is 29.9 Å². The molecule has 0 aliphatic carbocycles. The molecule has 0 radical (unpaired) electrons. The molecule has 2 rings (SSSR count). The lowest BCUT2D eigenvalue weighted by molar-refractivity contribution is 0.244. The van der Waals surface area contributed by atoms with Gasteiger partial charge in [0.2, 0.25) is 5.89 Å². The molecule has 1 aliphatic rings. The van der Waals surface area contributed by atoms with Crippen molar-refractivity contribution in [2.24, 2.45) is 0 Å². The number of oxazole rings is 1. The lowest BCUT2D eigenvalue weighted by Gasteiger charge is -2.20. The molecule has 0 saturated carbocycles. The summed E-state index contributed by atoms with van der Waals surface area (Å²) in [7, 11) is 2.10. The Kier molecular flexibility index (Phi) is 4.55. The molecule has 1 aromatic heterocycles. The molecule has 0 atom stereocenters. The Morgan fingerprint density at radius 2 is 2.33 bits per heavy atom. The van der Waals surface area contributed by atoms with Crippen LogP contribution in [0.25, 0.3) is 5.57 Å². The highest BCUT2D eigenvalue weighted by atomic mass is 16.4. The number of hydrogen-bond donors (Lipinski definition) is 1. The van der Waals surface area contributed by atoms with Gasteiger partial charge in [0.1, 0.15) is 6.61 Å². The summed E-state index contributed by atoms with van der Waals surface area (Å²) in [5, 5.41) is 9.32. The highest BCUT2D eigenvalue weighted by molar-refractivity contribution is 5.61. The van der Waals surface area contributed by atoms with E-state index >= 15 is 0 Å². The minimum Gasteiger partial charge on any atom is -0.439 e. The molecule has 0 bridgehead atoms. The molecule has 100 valence electrons. The summed E-state index contributed by atoms with van der Waals surface area (Å²) in [6, 6.07) is 0. The second-order valence-corrected chi connectivity index (χ2v) is 4.91. The van der Waals surface area contributed by atoms with Crippen LogP contribution in [0.1, 0.15) is 43.5 Å². The molecule has 0 amide bonds.